The molecule has 2 aromatic carbocycles. The molecule has 7 nitrogen and oxygen atoms in total. The Kier molecular flexibility index (Phi) is 11.6. The lowest BCUT2D eigenvalue weighted by Crippen LogP contribution is -2.36. The van der Waals surface area contributed by atoms with Crippen LogP contribution in [0.1, 0.15) is 60.9 Å². The molecular formula is C30H35F5N2O5. The van der Waals surface area contributed by atoms with Crippen molar-refractivity contribution in [1.29, 1.82) is 0 Å². The predicted octanol–water partition coefficient (Wildman–Crippen LogP) is 6.82. The molecule has 0 spiro atoms. The molecule has 12 heteroatoms. The lowest BCUT2D eigenvalue weighted by molar-refractivity contribution is -0.284. The van der Waals surface area contributed by atoms with E-state index in [2.05, 4.69) is 0 Å². The molecule has 0 atom stereocenters. The van der Waals surface area contributed by atoms with Crippen LogP contribution in [0.15, 0.2) is 48.5 Å². The zero-order chi connectivity index (χ0) is 30.8. The summed E-state index contributed by atoms with van der Waals surface area (Å²) in [6, 6.07) is 11.4. The molecule has 2 aromatic rings. The van der Waals surface area contributed by atoms with Gasteiger partial charge in [-0.2, -0.15) is 22.0 Å². The summed E-state index contributed by atoms with van der Waals surface area (Å²) in [6.45, 7) is 0.215. The first kappa shape index (κ1) is 32.7. The molecule has 1 fully saturated rings. The minimum atomic E-state index is -5.49. The first-order chi connectivity index (χ1) is 19.8. The second-order valence-corrected chi connectivity index (χ2v) is 10.4. The van der Waals surface area contributed by atoms with Crippen molar-refractivity contribution < 1.29 is 45.8 Å². The number of halogens is 5. The zero-order valence-electron chi connectivity index (χ0n) is 23.0. The smallest absolute Gasteiger partial charge is 0.453 e. The molecule has 1 saturated carbocycles. The number of carbonyl (C=O) groups is 2. The summed E-state index contributed by atoms with van der Waals surface area (Å²) in [5, 5.41) is 0. The minimum Gasteiger partial charge on any atom is -0.493 e. The molecule has 0 saturated heterocycles. The van der Waals surface area contributed by atoms with Gasteiger partial charge in [0.15, 0.2) is 0 Å². The first-order valence-corrected chi connectivity index (χ1v) is 13.7. The van der Waals surface area contributed by atoms with Crippen LogP contribution in [0.2, 0.25) is 0 Å². The third-order valence-corrected chi connectivity index (χ3v) is 7.04. The summed E-state index contributed by atoms with van der Waals surface area (Å²) in [5.41, 5.74) is 12.9. The van der Waals surface area contributed by atoms with E-state index < -0.39 is 30.5 Å². The van der Waals surface area contributed by atoms with Crippen LogP contribution in [0.25, 0.3) is 6.08 Å². The average Bonchev–Trinajstić information content (AvgIpc) is 2.93. The molecule has 0 aliphatic heterocycles. The summed E-state index contributed by atoms with van der Waals surface area (Å²) in [7, 11) is 0. The van der Waals surface area contributed by atoms with Crippen LogP contribution in [0.5, 0.6) is 5.75 Å². The number of anilines is 2. The Morgan fingerprint density at radius 2 is 1.45 bits per heavy atom. The molecule has 4 N–H and O–H groups in total. The number of carbonyl (C=O) groups excluding carboxylic acids is 2. The van der Waals surface area contributed by atoms with Crippen molar-refractivity contribution in [2.45, 2.75) is 57.0 Å². The summed E-state index contributed by atoms with van der Waals surface area (Å²) < 4.78 is 79.0. The third kappa shape index (κ3) is 10.5. The number of nitrogens with two attached hydrogens (primary N) is 2. The Morgan fingerprint density at radius 3 is 2.07 bits per heavy atom. The molecule has 42 heavy (non-hydrogen) atoms. The van der Waals surface area contributed by atoms with Gasteiger partial charge in [-0.15, -0.1) is 0 Å². The lowest BCUT2D eigenvalue weighted by Gasteiger charge is -2.29. The van der Waals surface area contributed by atoms with Crippen LogP contribution in [-0.4, -0.2) is 43.9 Å². The number of benzene rings is 2. The van der Waals surface area contributed by atoms with E-state index in [4.69, 9.17) is 25.7 Å². The number of nitrogen functional groups attached to an aromatic ring is 2. The maximum absolute atomic E-state index is 13.1. The number of esters is 2. The Hall–Kier alpha value is -3.83. The number of hydrogen-bond acceptors (Lipinski definition) is 7. The fourth-order valence-electron chi connectivity index (χ4n) is 4.70. The Labute approximate surface area is 241 Å². The highest BCUT2D eigenvalue weighted by molar-refractivity contribution is 5.91. The summed E-state index contributed by atoms with van der Waals surface area (Å²) in [6.07, 6.45) is -0.378. The van der Waals surface area contributed by atoms with Crippen LogP contribution >= 0.6 is 0 Å². The Morgan fingerprint density at radius 1 is 0.857 bits per heavy atom. The highest BCUT2D eigenvalue weighted by Gasteiger charge is 2.56. The van der Waals surface area contributed by atoms with Gasteiger partial charge < -0.3 is 25.7 Å². The van der Waals surface area contributed by atoms with Crippen LogP contribution in [0.4, 0.5) is 33.3 Å². The predicted molar refractivity (Wildman–Crippen MR) is 148 cm³/mol. The van der Waals surface area contributed by atoms with Crippen molar-refractivity contribution >= 4 is 29.4 Å². The van der Waals surface area contributed by atoms with Gasteiger partial charge in [0, 0.05) is 23.9 Å². The van der Waals surface area contributed by atoms with Gasteiger partial charge in [-0.3, -0.25) is 0 Å². The summed E-state index contributed by atoms with van der Waals surface area (Å²) in [4.78, 5) is 24.0. The molecule has 0 amide bonds. The molecule has 0 heterocycles. The van der Waals surface area contributed by atoms with E-state index in [0.29, 0.717) is 30.2 Å². The lowest BCUT2D eigenvalue weighted by atomic mass is 9.80. The fraction of sp³-hybridized carbons (Fsp3) is 0.467. The topological polar surface area (TPSA) is 114 Å². The van der Waals surface area contributed by atoms with Gasteiger partial charge in [-0.1, -0.05) is 31.4 Å². The van der Waals surface area contributed by atoms with Crippen molar-refractivity contribution in [2.75, 3.05) is 31.3 Å². The normalized spacial score (nSPS) is 17.6. The van der Waals surface area contributed by atoms with Crippen LogP contribution in [0.3, 0.4) is 0 Å². The molecule has 230 valence electrons. The van der Waals surface area contributed by atoms with Gasteiger partial charge in [-0.05, 0) is 73.1 Å². The second kappa shape index (κ2) is 14.9. The van der Waals surface area contributed by atoms with E-state index in [0.717, 1.165) is 31.2 Å². The van der Waals surface area contributed by atoms with Crippen molar-refractivity contribution in [2.24, 2.45) is 11.8 Å². The monoisotopic (exact) mass is 598 g/mol. The van der Waals surface area contributed by atoms with E-state index in [1.54, 1.807) is 30.3 Å². The number of ether oxygens (including phenoxy) is 3. The van der Waals surface area contributed by atoms with Crippen molar-refractivity contribution in [3.63, 3.8) is 0 Å². The third-order valence-electron chi connectivity index (χ3n) is 7.04. The molecule has 0 radical (unpaired) electrons. The van der Waals surface area contributed by atoms with E-state index in [-0.39, 0.29) is 37.0 Å². The van der Waals surface area contributed by atoms with E-state index in [9.17, 15) is 31.5 Å². The van der Waals surface area contributed by atoms with Crippen LogP contribution < -0.4 is 16.2 Å². The largest absolute Gasteiger partial charge is 0.493 e. The Bertz CT molecular complexity index is 1190. The van der Waals surface area contributed by atoms with Gasteiger partial charge in [-0.25, -0.2) is 9.59 Å². The molecule has 3 rings (SSSR count). The van der Waals surface area contributed by atoms with Gasteiger partial charge in [0.1, 0.15) is 19.0 Å². The molecule has 1 aliphatic carbocycles. The van der Waals surface area contributed by atoms with Crippen LogP contribution in [-0.2, 0) is 14.3 Å². The fourth-order valence-corrected chi connectivity index (χ4v) is 4.70. The maximum Gasteiger partial charge on any atom is 0.453 e. The van der Waals surface area contributed by atoms with Crippen molar-refractivity contribution in [3.8, 4) is 5.75 Å². The molecule has 1 aliphatic rings. The van der Waals surface area contributed by atoms with Gasteiger partial charge in [0.25, 0.3) is 0 Å². The van der Waals surface area contributed by atoms with E-state index in [1.165, 1.54) is 24.3 Å². The zero-order valence-corrected chi connectivity index (χ0v) is 23.0. The molecular weight excluding hydrogens is 563 g/mol. The number of hydrogen-bond donors (Lipinski definition) is 2. The first-order valence-electron chi connectivity index (χ1n) is 13.7. The minimum absolute atomic E-state index is 0.130. The van der Waals surface area contributed by atoms with Crippen molar-refractivity contribution in [3.05, 3.63) is 59.7 Å². The van der Waals surface area contributed by atoms with Crippen LogP contribution in [0, 0.1) is 11.8 Å². The summed E-state index contributed by atoms with van der Waals surface area (Å²) in [5.74, 6) is -4.77. The average molecular weight is 599 g/mol. The second-order valence-electron chi connectivity index (χ2n) is 10.4. The van der Waals surface area contributed by atoms with E-state index >= 15 is 0 Å². The quantitative estimate of drug-likeness (QED) is 0.0855. The molecule has 0 unspecified atom stereocenters. The highest BCUT2D eigenvalue weighted by atomic mass is 19.4. The molecule has 0 aromatic heterocycles. The SMILES string of the molecule is Nc1cc(N)cc(C(=O)OCCOC(=O)C=Cc2ccc(OCC3CCC(CCCC(F)(F)C(F)(F)F)CC3)cc2)c1. The van der Waals surface area contributed by atoms with Gasteiger partial charge >= 0.3 is 24.0 Å². The number of alkyl halides is 5. The van der Waals surface area contributed by atoms with E-state index in [1.807, 2.05) is 0 Å². The number of rotatable bonds is 13. The standard InChI is InChI=1S/C30H35F5N2O5/c31-29(32,30(33,34)35)13-1-2-20-3-5-22(6-4-20)19-42-26-10-7-21(8-11-26)9-12-27(38)40-14-15-41-28(39)23-16-24(36)18-25(37)17-23/h7-12,16-18,20,22H,1-6,13-15,19,36-37H2. The van der Waals surface area contributed by atoms with Gasteiger partial charge in [0.05, 0.1) is 12.2 Å². The molecule has 0 bridgehead atoms. The van der Waals surface area contributed by atoms with Crippen molar-refractivity contribution in [1.82, 2.24) is 0 Å². The highest BCUT2D eigenvalue weighted by Crippen LogP contribution is 2.40. The summed E-state index contributed by atoms with van der Waals surface area (Å²) >= 11 is 0. The van der Waals surface area contributed by atoms with Gasteiger partial charge in [0.2, 0.25) is 0 Å². The maximum atomic E-state index is 13.1. The Balaban J connectivity index is 1.29.